The molecule has 0 fully saturated rings. The number of ether oxygens (including phenoxy) is 1. The second-order valence-electron chi connectivity index (χ2n) is 7.71. The maximum atomic E-state index is 13.0. The third-order valence-corrected chi connectivity index (χ3v) is 5.46. The average Bonchev–Trinajstić information content (AvgIpc) is 2.79. The van der Waals surface area contributed by atoms with E-state index in [9.17, 15) is 10.1 Å². The van der Waals surface area contributed by atoms with Crippen LogP contribution in [-0.2, 0) is 9.53 Å². The minimum Gasteiger partial charge on any atom is -0.441 e. The number of nitrogens with zero attached hydrogens (tertiary/aromatic N) is 2. The molecular formula is C26H25ClN2O2. The predicted octanol–water partition coefficient (Wildman–Crippen LogP) is 6.66. The Hall–Kier alpha value is -3.29. The van der Waals surface area contributed by atoms with Gasteiger partial charge in [0.05, 0.1) is 5.92 Å². The van der Waals surface area contributed by atoms with Crippen LogP contribution in [0.25, 0.3) is 0 Å². The molecule has 3 aromatic carbocycles. The summed E-state index contributed by atoms with van der Waals surface area (Å²) in [5, 5.41) is 10.3. The van der Waals surface area contributed by atoms with Gasteiger partial charge in [-0.05, 0) is 47.9 Å². The molecule has 0 heterocycles. The Morgan fingerprint density at radius 1 is 0.935 bits per heavy atom. The summed E-state index contributed by atoms with van der Waals surface area (Å²) in [6.45, 7) is 3.91. The molecule has 0 saturated carbocycles. The van der Waals surface area contributed by atoms with Crippen molar-refractivity contribution in [1.29, 1.82) is 5.26 Å². The monoisotopic (exact) mass is 432 g/mol. The standard InChI is InChI=1S/C26H25ClN2O2/c1-18(2)25(19-12-14-21(27)15-13-19)26(30)31-24(17-28)20-8-7-11-23(16-20)29(3)22-9-5-4-6-10-22/h4-16,18,24-25H,1-3H3. The van der Waals surface area contributed by atoms with Crippen LogP contribution in [0.5, 0.6) is 0 Å². The summed E-state index contributed by atoms with van der Waals surface area (Å²) < 4.78 is 5.68. The number of para-hydroxylation sites is 1. The first kappa shape index (κ1) is 22.4. The van der Waals surface area contributed by atoms with E-state index in [-0.39, 0.29) is 5.92 Å². The van der Waals surface area contributed by atoms with Gasteiger partial charge >= 0.3 is 5.97 Å². The van der Waals surface area contributed by atoms with Gasteiger partial charge in [-0.2, -0.15) is 5.26 Å². The van der Waals surface area contributed by atoms with Crippen LogP contribution >= 0.6 is 11.6 Å². The molecule has 2 unspecified atom stereocenters. The zero-order valence-electron chi connectivity index (χ0n) is 17.8. The zero-order valence-corrected chi connectivity index (χ0v) is 18.6. The van der Waals surface area contributed by atoms with Crippen molar-refractivity contribution < 1.29 is 9.53 Å². The molecule has 0 radical (unpaired) electrons. The van der Waals surface area contributed by atoms with Gasteiger partial charge in [-0.25, -0.2) is 0 Å². The Kier molecular flexibility index (Phi) is 7.33. The Morgan fingerprint density at radius 3 is 2.19 bits per heavy atom. The summed E-state index contributed by atoms with van der Waals surface area (Å²) in [4.78, 5) is 15.1. The van der Waals surface area contributed by atoms with Gasteiger partial charge < -0.3 is 9.64 Å². The summed E-state index contributed by atoms with van der Waals surface area (Å²) in [5.74, 6) is -0.905. The Bertz CT molecular complexity index is 1060. The van der Waals surface area contributed by atoms with Gasteiger partial charge in [0.2, 0.25) is 6.10 Å². The molecule has 2 atom stereocenters. The number of carbonyl (C=O) groups is 1. The molecule has 0 bridgehead atoms. The molecule has 0 aliphatic heterocycles. The fourth-order valence-corrected chi connectivity index (χ4v) is 3.64. The largest absolute Gasteiger partial charge is 0.441 e. The van der Waals surface area contributed by atoms with Gasteiger partial charge in [0.15, 0.2) is 0 Å². The molecule has 5 heteroatoms. The molecule has 3 aromatic rings. The quantitative estimate of drug-likeness (QED) is 0.392. The molecule has 0 spiro atoms. The Morgan fingerprint density at radius 2 is 1.58 bits per heavy atom. The van der Waals surface area contributed by atoms with Crippen molar-refractivity contribution >= 4 is 28.9 Å². The minimum atomic E-state index is -0.995. The normalized spacial score (nSPS) is 12.6. The highest BCUT2D eigenvalue weighted by Gasteiger charge is 2.29. The molecule has 0 N–H and O–H groups in total. The molecule has 0 aliphatic carbocycles. The molecule has 0 saturated heterocycles. The van der Waals surface area contributed by atoms with E-state index in [0.29, 0.717) is 10.6 Å². The maximum Gasteiger partial charge on any atom is 0.315 e. The molecule has 0 aliphatic rings. The van der Waals surface area contributed by atoms with E-state index < -0.39 is 18.0 Å². The van der Waals surface area contributed by atoms with Crippen LogP contribution in [0.1, 0.15) is 37.0 Å². The lowest BCUT2D eigenvalue weighted by Crippen LogP contribution is -2.22. The molecule has 0 amide bonds. The SMILES string of the molecule is CC(C)C(C(=O)OC(C#N)c1cccc(N(C)c2ccccc2)c1)c1ccc(Cl)cc1. The van der Waals surface area contributed by atoms with Crippen LogP contribution in [0, 0.1) is 17.2 Å². The van der Waals surface area contributed by atoms with Gasteiger partial charge in [-0.1, -0.05) is 67.9 Å². The molecule has 0 aromatic heterocycles. The third-order valence-electron chi connectivity index (χ3n) is 5.20. The van der Waals surface area contributed by atoms with Crippen LogP contribution < -0.4 is 4.90 Å². The van der Waals surface area contributed by atoms with E-state index in [2.05, 4.69) is 6.07 Å². The Balaban J connectivity index is 1.82. The van der Waals surface area contributed by atoms with Crippen LogP contribution in [0.3, 0.4) is 0 Å². The highest BCUT2D eigenvalue weighted by Crippen LogP contribution is 2.31. The van der Waals surface area contributed by atoms with Gasteiger partial charge in [0, 0.05) is 29.0 Å². The second kappa shape index (κ2) is 10.1. The molecule has 31 heavy (non-hydrogen) atoms. The number of hydrogen-bond acceptors (Lipinski definition) is 4. The van der Waals surface area contributed by atoms with E-state index in [1.54, 1.807) is 18.2 Å². The predicted molar refractivity (Wildman–Crippen MR) is 124 cm³/mol. The lowest BCUT2D eigenvalue weighted by atomic mass is 9.88. The fraction of sp³-hybridized carbons (Fsp3) is 0.231. The topological polar surface area (TPSA) is 53.3 Å². The fourth-order valence-electron chi connectivity index (χ4n) is 3.52. The maximum absolute atomic E-state index is 13.0. The number of hydrogen-bond donors (Lipinski definition) is 0. The first-order valence-electron chi connectivity index (χ1n) is 10.1. The van der Waals surface area contributed by atoms with Crippen molar-refractivity contribution in [2.75, 3.05) is 11.9 Å². The van der Waals surface area contributed by atoms with E-state index >= 15 is 0 Å². The van der Waals surface area contributed by atoms with Crippen molar-refractivity contribution in [2.45, 2.75) is 25.9 Å². The summed E-state index contributed by atoms with van der Waals surface area (Å²) in [7, 11) is 1.96. The lowest BCUT2D eigenvalue weighted by Gasteiger charge is -2.23. The van der Waals surface area contributed by atoms with E-state index in [0.717, 1.165) is 16.9 Å². The van der Waals surface area contributed by atoms with Crippen molar-refractivity contribution in [1.82, 2.24) is 0 Å². The van der Waals surface area contributed by atoms with E-state index in [1.807, 2.05) is 86.5 Å². The number of halogens is 1. The molecule has 4 nitrogen and oxygen atoms in total. The van der Waals surface area contributed by atoms with Crippen LogP contribution in [0.15, 0.2) is 78.9 Å². The molecular weight excluding hydrogens is 408 g/mol. The second-order valence-corrected chi connectivity index (χ2v) is 8.15. The lowest BCUT2D eigenvalue weighted by molar-refractivity contribution is -0.150. The Labute approximate surface area is 188 Å². The number of carbonyl (C=O) groups excluding carboxylic acids is 1. The number of esters is 1. The number of benzene rings is 3. The van der Waals surface area contributed by atoms with Crippen molar-refractivity contribution in [3.63, 3.8) is 0 Å². The highest BCUT2D eigenvalue weighted by molar-refractivity contribution is 6.30. The minimum absolute atomic E-state index is 0.00330. The van der Waals surface area contributed by atoms with Crippen LogP contribution in [-0.4, -0.2) is 13.0 Å². The van der Waals surface area contributed by atoms with Gasteiger partial charge in [0.25, 0.3) is 0 Å². The van der Waals surface area contributed by atoms with Gasteiger partial charge in [-0.3, -0.25) is 4.79 Å². The molecule has 3 rings (SSSR count). The zero-order chi connectivity index (χ0) is 22.4. The van der Waals surface area contributed by atoms with Gasteiger partial charge in [0.1, 0.15) is 6.07 Å². The number of rotatable bonds is 7. The summed E-state index contributed by atoms with van der Waals surface area (Å²) in [6, 6.07) is 26.7. The number of anilines is 2. The van der Waals surface area contributed by atoms with Crippen LogP contribution in [0.4, 0.5) is 11.4 Å². The smallest absolute Gasteiger partial charge is 0.315 e. The van der Waals surface area contributed by atoms with Gasteiger partial charge in [-0.15, -0.1) is 0 Å². The first-order chi connectivity index (χ1) is 14.9. The van der Waals surface area contributed by atoms with Crippen LogP contribution in [0.2, 0.25) is 5.02 Å². The number of nitriles is 1. The molecule has 158 valence electrons. The summed E-state index contributed by atoms with van der Waals surface area (Å²) >= 11 is 5.98. The van der Waals surface area contributed by atoms with E-state index in [1.165, 1.54) is 0 Å². The summed E-state index contributed by atoms with van der Waals surface area (Å²) in [5.41, 5.74) is 3.37. The first-order valence-corrected chi connectivity index (χ1v) is 10.5. The average molecular weight is 433 g/mol. The third kappa shape index (κ3) is 5.45. The van der Waals surface area contributed by atoms with Crippen molar-refractivity contribution in [3.8, 4) is 6.07 Å². The van der Waals surface area contributed by atoms with Crippen molar-refractivity contribution in [3.05, 3.63) is 95.0 Å². The summed E-state index contributed by atoms with van der Waals surface area (Å²) in [6.07, 6.45) is -0.995. The van der Waals surface area contributed by atoms with E-state index in [4.69, 9.17) is 16.3 Å². The highest BCUT2D eigenvalue weighted by atomic mass is 35.5. The van der Waals surface area contributed by atoms with Crippen molar-refractivity contribution in [2.24, 2.45) is 5.92 Å².